The van der Waals surface area contributed by atoms with Crippen LogP contribution in [0.25, 0.3) is 0 Å². The number of carbonyl (C=O) groups excluding carboxylic acids is 1. The van der Waals surface area contributed by atoms with Crippen molar-refractivity contribution in [2.75, 3.05) is 10.0 Å². The van der Waals surface area contributed by atoms with Crippen LogP contribution in [0.1, 0.15) is 11.1 Å². The summed E-state index contributed by atoms with van der Waals surface area (Å²) in [6, 6.07) is 10.7. The van der Waals surface area contributed by atoms with Gasteiger partial charge < -0.3 is 10.6 Å². The maximum absolute atomic E-state index is 12.7. The Bertz CT molecular complexity index is 1210. The third-order valence-electron chi connectivity index (χ3n) is 4.12. The summed E-state index contributed by atoms with van der Waals surface area (Å²) in [6.07, 6.45) is -1.42. The van der Waals surface area contributed by atoms with Gasteiger partial charge in [0.15, 0.2) is 0 Å². The number of pyridine rings is 1. The fourth-order valence-corrected chi connectivity index (χ4v) is 4.19. The average Bonchev–Trinajstić information content (AvgIpc) is 2.73. The maximum atomic E-state index is 12.7. The first-order valence-electron chi connectivity index (χ1n) is 8.98. The van der Waals surface area contributed by atoms with Crippen LogP contribution in [0, 0.1) is 0 Å². The molecule has 0 aliphatic carbocycles. The fraction of sp³-hybridized carbons (Fsp3) is 0.100. The highest BCUT2D eigenvalue weighted by molar-refractivity contribution is 7.92. The molecular formula is C20H16ClF3N4O3S. The van der Waals surface area contributed by atoms with E-state index in [9.17, 15) is 26.4 Å². The molecular weight excluding hydrogens is 469 g/mol. The van der Waals surface area contributed by atoms with E-state index in [0.29, 0.717) is 17.8 Å². The summed E-state index contributed by atoms with van der Waals surface area (Å²) in [5.74, 6) is 0. The van der Waals surface area contributed by atoms with Crippen LogP contribution in [0.4, 0.5) is 29.3 Å². The lowest BCUT2D eigenvalue weighted by molar-refractivity contribution is -0.137. The fourth-order valence-electron chi connectivity index (χ4n) is 2.59. The van der Waals surface area contributed by atoms with E-state index in [1.165, 1.54) is 24.3 Å². The number of rotatable bonds is 6. The molecule has 0 saturated carbocycles. The molecule has 2 amide bonds. The largest absolute Gasteiger partial charge is 0.416 e. The first-order valence-corrected chi connectivity index (χ1v) is 10.8. The number of sulfonamides is 1. The van der Waals surface area contributed by atoms with Crippen LogP contribution in [-0.4, -0.2) is 19.4 Å². The molecule has 0 atom stereocenters. The van der Waals surface area contributed by atoms with Crippen molar-refractivity contribution >= 4 is 39.0 Å². The highest BCUT2D eigenvalue weighted by atomic mass is 35.5. The van der Waals surface area contributed by atoms with Gasteiger partial charge in [-0.15, -0.1) is 0 Å². The molecule has 1 aromatic heterocycles. The van der Waals surface area contributed by atoms with Crippen molar-refractivity contribution in [3.63, 3.8) is 0 Å². The first kappa shape index (κ1) is 23.4. The Balaban J connectivity index is 1.63. The second kappa shape index (κ2) is 9.45. The zero-order valence-corrected chi connectivity index (χ0v) is 17.7. The molecule has 3 rings (SSSR count). The molecule has 0 saturated heterocycles. The summed E-state index contributed by atoms with van der Waals surface area (Å²) in [6.45, 7) is 0.269. The second-order valence-corrected chi connectivity index (χ2v) is 8.55. The number of hydrogen-bond acceptors (Lipinski definition) is 4. The number of aromatic nitrogens is 1. The average molecular weight is 485 g/mol. The third kappa shape index (κ3) is 6.11. The predicted octanol–water partition coefficient (Wildman–Crippen LogP) is 4.88. The molecule has 0 aliphatic rings. The van der Waals surface area contributed by atoms with Gasteiger partial charge in [0.25, 0.3) is 10.0 Å². The summed E-state index contributed by atoms with van der Waals surface area (Å²) < 4.78 is 65.5. The van der Waals surface area contributed by atoms with E-state index >= 15 is 0 Å². The lowest BCUT2D eigenvalue weighted by atomic mass is 10.2. The molecule has 32 heavy (non-hydrogen) atoms. The number of anilines is 2. The number of amides is 2. The van der Waals surface area contributed by atoms with Crippen molar-refractivity contribution in [2.24, 2.45) is 0 Å². The van der Waals surface area contributed by atoms with E-state index in [2.05, 4.69) is 20.3 Å². The van der Waals surface area contributed by atoms with Gasteiger partial charge in [-0.3, -0.25) is 9.71 Å². The molecule has 0 fully saturated rings. The normalized spacial score (nSPS) is 11.6. The molecule has 0 radical (unpaired) electrons. The minimum Gasteiger partial charge on any atom is -0.334 e. The van der Waals surface area contributed by atoms with Crippen LogP contribution < -0.4 is 15.4 Å². The highest BCUT2D eigenvalue weighted by Gasteiger charge is 2.32. The number of halogens is 4. The van der Waals surface area contributed by atoms with Crippen LogP contribution in [0.2, 0.25) is 5.02 Å². The number of nitrogens with one attached hydrogen (secondary N) is 3. The SMILES string of the molecule is O=C(NCc1cccnc1)Nc1ccc(NS(=O)(=O)c2ccc(C(F)(F)F)cc2Cl)cc1. The molecule has 3 N–H and O–H groups in total. The minimum absolute atomic E-state index is 0.127. The molecule has 2 aromatic carbocycles. The van der Waals surface area contributed by atoms with E-state index < -0.39 is 37.7 Å². The van der Waals surface area contributed by atoms with E-state index in [1.807, 2.05) is 0 Å². The molecule has 0 spiro atoms. The van der Waals surface area contributed by atoms with Gasteiger partial charge in [-0.1, -0.05) is 17.7 Å². The van der Waals surface area contributed by atoms with Crippen LogP contribution in [-0.2, 0) is 22.7 Å². The molecule has 1 heterocycles. The Hall–Kier alpha value is -3.31. The molecule has 0 aliphatic heterocycles. The lowest BCUT2D eigenvalue weighted by Gasteiger charge is -2.13. The smallest absolute Gasteiger partial charge is 0.334 e. The summed E-state index contributed by atoms with van der Waals surface area (Å²) in [7, 11) is -4.24. The van der Waals surface area contributed by atoms with Crippen molar-refractivity contribution in [3.8, 4) is 0 Å². The first-order chi connectivity index (χ1) is 15.0. The minimum atomic E-state index is -4.65. The number of hydrogen-bond donors (Lipinski definition) is 3. The van der Waals surface area contributed by atoms with Gasteiger partial charge in [0.05, 0.1) is 10.6 Å². The van der Waals surface area contributed by atoms with Crippen molar-refractivity contribution in [1.29, 1.82) is 0 Å². The topological polar surface area (TPSA) is 100 Å². The number of benzene rings is 2. The van der Waals surface area contributed by atoms with Gasteiger partial charge in [-0.05, 0) is 54.1 Å². The lowest BCUT2D eigenvalue weighted by Crippen LogP contribution is -2.28. The quantitative estimate of drug-likeness (QED) is 0.464. The van der Waals surface area contributed by atoms with Gasteiger partial charge >= 0.3 is 12.2 Å². The molecule has 12 heteroatoms. The van der Waals surface area contributed by atoms with Crippen molar-refractivity contribution in [2.45, 2.75) is 17.6 Å². The van der Waals surface area contributed by atoms with E-state index in [-0.39, 0.29) is 12.2 Å². The Kier molecular flexibility index (Phi) is 6.90. The summed E-state index contributed by atoms with van der Waals surface area (Å²) >= 11 is 5.77. The Morgan fingerprint density at radius 1 is 1.03 bits per heavy atom. The number of carbonyl (C=O) groups is 1. The Morgan fingerprint density at radius 2 is 1.72 bits per heavy atom. The summed E-state index contributed by atoms with van der Waals surface area (Å²) in [5, 5.41) is 4.68. The van der Waals surface area contributed by atoms with E-state index in [1.54, 1.807) is 24.5 Å². The molecule has 168 valence electrons. The van der Waals surface area contributed by atoms with Crippen LogP contribution in [0.15, 0.2) is 71.9 Å². The van der Waals surface area contributed by atoms with Crippen LogP contribution in [0.3, 0.4) is 0 Å². The van der Waals surface area contributed by atoms with Crippen molar-refractivity contribution in [1.82, 2.24) is 10.3 Å². The van der Waals surface area contributed by atoms with E-state index in [4.69, 9.17) is 11.6 Å². The van der Waals surface area contributed by atoms with Crippen molar-refractivity contribution < 1.29 is 26.4 Å². The molecule has 0 unspecified atom stereocenters. The van der Waals surface area contributed by atoms with Crippen LogP contribution >= 0.6 is 11.6 Å². The molecule has 7 nitrogen and oxygen atoms in total. The summed E-state index contributed by atoms with van der Waals surface area (Å²) in [4.78, 5) is 15.4. The zero-order valence-electron chi connectivity index (χ0n) is 16.2. The van der Waals surface area contributed by atoms with Gasteiger partial charge in [-0.25, -0.2) is 13.2 Å². The third-order valence-corrected chi connectivity index (χ3v) is 5.98. The van der Waals surface area contributed by atoms with Crippen LogP contribution in [0.5, 0.6) is 0 Å². The number of urea groups is 1. The summed E-state index contributed by atoms with van der Waals surface area (Å²) in [5.41, 5.74) is 0.277. The number of nitrogens with zero attached hydrogens (tertiary/aromatic N) is 1. The van der Waals surface area contributed by atoms with Crippen molar-refractivity contribution in [3.05, 3.63) is 83.1 Å². The second-order valence-electron chi connectivity index (χ2n) is 6.49. The Labute approximate surface area is 186 Å². The highest BCUT2D eigenvalue weighted by Crippen LogP contribution is 2.34. The van der Waals surface area contributed by atoms with Gasteiger partial charge in [0, 0.05) is 30.3 Å². The molecule has 3 aromatic rings. The van der Waals surface area contributed by atoms with Gasteiger partial charge in [-0.2, -0.15) is 13.2 Å². The molecule has 0 bridgehead atoms. The maximum Gasteiger partial charge on any atom is 0.416 e. The predicted molar refractivity (Wildman–Crippen MR) is 114 cm³/mol. The van der Waals surface area contributed by atoms with Gasteiger partial charge in [0.2, 0.25) is 0 Å². The monoisotopic (exact) mass is 484 g/mol. The van der Waals surface area contributed by atoms with E-state index in [0.717, 1.165) is 11.6 Å². The Morgan fingerprint density at radius 3 is 2.31 bits per heavy atom. The number of alkyl halides is 3. The standard InChI is InChI=1S/C20H16ClF3N4O3S/c21-17-10-14(20(22,23)24)3-8-18(17)32(30,31)28-16-6-4-15(5-7-16)27-19(29)26-12-13-2-1-9-25-11-13/h1-11,28H,12H2,(H2,26,27,29). The van der Waals surface area contributed by atoms with Gasteiger partial charge in [0.1, 0.15) is 4.90 Å². The zero-order chi connectivity index (χ0) is 23.4.